The number of rotatable bonds is 3. The van der Waals surface area contributed by atoms with Crippen LogP contribution in [0.5, 0.6) is 5.88 Å². The Balaban J connectivity index is 2.02. The maximum Gasteiger partial charge on any atom is 0.279 e. The first-order valence-electron chi connectivity index (χ1n) is 7.48. The molecule has 0 unspecified atom stereocenters. The summed E-state index contributed by atoms with van der Waals surface area (Å²) in [6, 6.07) is 7.66. The Morgan fingerprint density at radius 3 is 2.36 bits per heavy atom. The second-order valence-corrected chi connectivity index (χ2v) is 6.00. The standard InChI is InChI=1S/C18H15ClFN3O2/c1-9-6-14-15(7-10(9)2)23-18(25-3)16(22-14)17(24)21-11-4-5-13(20)12(19)8-11/h4-8H,1-3H3,(H,21,24). The molecule has 1 amide bonds. The molecule has 0 atom stereocenters. The predicted octanol–water partition coefficient (Wildman–Crippen LogP) is 4.30. The van der Waals surface area contributed by atoms with Crippen LogP contribution in [-0.4, -0.2) is 23.0 Å². The van der Waals surface area contributed by atoms with E-state index in [1.54, 1.807) is 0 Å². The number of hydrogen-bond acceptors (Lipinski definition) is 4. The monoisotopic (exact) mass is 359 g/mol. The highest BCUT2D eigenvalue weighted by Crippen LogP contribution is 2.24. The Hall–Kier alpha value is -2.73. The molecule has 128 valence electrons. The number of aromatic nitrogens is 2. The highest BCUT2D eigenvalue weighted by atomic mass is 35.5. The number of methoxy groups -OCH3 is 1. The summed E-state index contributed by atoms with van der Waals surface area (Å²) in [5.74, 6) is -0.970. The first kappa shape index (κ1) is 17.1. The second-order valence-electron chi connectivity index (χ2n) is 5.59. The number of carbonyl (C=O) groups is 1. The van der Waals surface area contributed by atoms with E-state index >= 15 is 0 Å². The lowest BCUT2D eigenvalue weighted by molar-refractivity contribution is 0.101. The lowest BCUT2D eigenvalue weighted by Crippen LogP contribution is -2.16. The molecule has 5 nitrogen and oxygen atoms in total. The van der Waals surface area contributed by atoms with Crippen molar-refractivity contribution in [1.82, 2.24) is 9.97 Å². The van der Waals surface area contributed by atoms with Crippen molar-refractivity contribution in [2.75, 3.05) is 12.4 Å². The van der Waals surface area contributed by atoms with Crippen LogP contribution in [0.1, 0.15) is 21.6 Å². The molecular formula is C18H15ClFN3O2. The molecule has 2 aromatic carbocycles. The number of amides is 1. The summed E-state index contributed by atoms with van der Waals surface area (Å²) >= 11 is 5.73. The van der Waals surface area contributed by atoms with Crippen molar-refractivity contribution in [3.05, 3.63) is 58.0 Å². The average molecular weight is 360 g/mol. The Kier molecular flexibility index (Phi) is 4.55. The third kappa shape index (κ3) is 3.39. The summed E-state index contributed by atoms with van der Waals surface area (Å²) < 4.78 is 18.4. The lowest BCUT2D eigenvalue weighted by atomic mass is 10.1. The van der Waals surface area contributed by atoms with Gasteiger partial charge in [0.05, 0.1) is 23.2 Å². The summed E-state index contributed by atoms with van der Waals surface area (Å²) in [5, 5.41) is 2.54. The minimum absolute atomic E-state index is 0.0405. The molecular weight excluding hydrogens is 345 g/mol. The molecule has 1 aromatic heterocycles. The van der Waals surface area contributed by atoms with Gasteiger partial charge in [-0.2, -0.15) is 0 Å². The molecule has 0 saturated carbocycles. The summed E-state index contributed by atoms with van der Waals surface area (Å²) in [4.78, 5) is 21.3. The number of carbonyl (C=O) groups excluding carboxylic acids is 1. The van der Waals surface area contributed by atoms with Crippen LogP contribution in [-0.2, 0) is 0 Å². The van der Waals surface area contributed by atoms with E-state index in [1.807, 2.05) is 26.0 Å². The zero-order valence-electron chi connectivity index (χ0n) is 13.9. The molecule has 0 bridgehead atoms. The zero-order chi connectivity index (χ0) is 18.1. The van der Waals surface area contributed by atoms with Gasteiger partial charge in [0.2, 0.25) is 5.88 Å². The Bertz CT molecular complexity index is 992. The number of hydrogen-bond donors (Lipinski definition) is 1. The normalized spacial score (nSPS) is 10.8. The Morgan fingerprint density at radius 2 is 1.76 bits per heavy atom. The van der Waals surface area contributed by atoms with E-state index in [1.165, 1.54) is 25.3 Å². The molecule has 0 aliphatic carbocycles. The number of halogens is 2. The SMILES string of the molecule is COc1nc2cc(C)c(C)cc2nc1C(=O)Nc1ccc(F)c(Cl)c1. The molecule has 1 heterocycles. The number of aryl methyl sites for hydroxylation is 2. The summed E-state index contributed by atoms with van der Waals surface area (Å²) in [7, 11) is 1.42. The minimum Gasteiger partial charge on any atom is -0.479 e. The van der Waals surface area contributed by atoms with Crippen molar-refractivity contribution in [1.29, 1.82) is 0 Å². The topological polar surface area (TPSA) is 64.1 Å². The fourth-order valence-electron chi connectivity index (χ4n) is 2.35. The molecule has 3 rings (SSSR count). The number of fused-ring (bicyclic) bond motifs is 1. The predicted molar refractivity (Wildman–Crippen MR) is 94.9 cm³/mol. The van der Waals surface area contributed by atoms with Crippen molar-refractivity contribution < 1.29 is 13.9 Å². The third-order valence-corrected chi connectivity index (χ3v) is 4.12. The Labute approximate surface area is 148 Å². The van der Waals surface area contributed by atoms with E-state index in [4.69, 9.17) is 16.3 Å². The number of ether oxygens (including phenoxy) is 1. The maximum atomic E-state index is 13.2. The highest BCUT2D eigenvalue weighted by Gasteiger charge is 2.18. The van der Waals surface area contributed by atoms with Crippen LogP contribution in [0.15, 0.2) is 30.3 Å². The van der Waals surface area contributed by atoms with E-state index in [0.717, 1.165) is 11.1 Å². The van der Waals surface area contributed by atoms with Crippen LogP contribution >= 0.6 is 11.6 Å². The maximum absolute atomic E-state index is 13.2. The quantitative estimate of drug-likeness (QED) is 0.757. The van der Waals surface area contributed by atoms with E-state index in [2.05, 4.69) is 15.3 Å². The zero-order valence-corrected chi connectivity index (χ0v) is 14.6. The number of nitrogens with one attached hydrogen (secondary N) is 1. The highest BCUT2D eigenvalue weighted by molar-refractivity contribution is 6.31. The average Bonchev–Trinajstić information content (AvgIpc) is 2.58. The van der Waals surface area contributed by atoms with Gasteiger partial charge in [0.15, 0.2) is 5.69 Å². The van der Waals surface area contributed by atoms with Crippen molar-refractivity contribution in [3.63, 3.8) is 0 Å². The van der Waals surface area contributed by atoms with Crippen molar-refractivity contribution in [3.8, 4) is 5.88 Å². The third-order valence-electron chi connectivity index (χ3n) is 3.83. The molecule has 25 heavy (non-hydrogen) atoms. The van der Waals surface area contributed by atoms with Crippen LogP contribution in [0.4, 0.5) is 10.1 Å². The number of anilines is 1. The van der Waals surface area contributed by atoms with Gasteiger partial charge in [-0.1, -0.05) is 11.6 Å². The van der Waals surface area contributed by atoms with Crippen molar-refractivity contribution in [2.24, 2.45) is 0 Å². The van der Waals surface area contributed by atoms with Crippen LogP contribution in [0.2, 0.25) is 5.02 Å². The van der Waals surface area contributed by atoms with Crippen LogP contribution < -0.4 is 10.1 Å². The summed E-state index contributed by atoms with van der Waals surface area (Å²) in [5.41, 5.74) is 3.73. The van der Waals surface area contributed by atoms with Crippen LogP contribution in [0.25, 0.3) is 11.0 Å². The first-order valence-corrected chi connectivity index (χ1v) is 7.86. The van der Waals surface area contributed by atoms with Crippen molar-refractivity contribution >= 4 is 34.2 Å². The number of benzene rings is 2. The van der Waals surface area contributed by atoms with Gasteiger partial charge in [0.25, 0.3) is 5.91 Å². The summed E-state index contributed by atoms with van der Waals surface area (Å²) in [6.45, 7) is 3.93. The fourth-order valence-corrected chi connectivity index (χ4v) is 2.53. The molecule has 0 radical (unpaired) electrons. The smallest absolute Gasteiger partial charge is 0.279 e. The van der Waals surface area contributed by atoms with E-state index < -0.39 is 11.7 Å². The lowest BCUT2D eigenvalue weighted by Gasteiger charge is -2.10. The first-order chi connectivity index (χ1) is 11.9. The Morgan fingerprint density at radius 1 is 1.12 bits per heavy atom. The van der Waals surface area contributed by atoms with Gasteiger partial charge < -0.3 is 10.1 Å². The minimum atomic E-state index is -0.561. The van der Waals surface area contributed by atoms with Gasteiger partial charge in [-0.25, -0.2) is 14.4 Å². The summed E-state index contributed by atoms with van der Waals surface area (Å²) in [6.07, 6.45) is 0. The molecule has 1 N–H and O–H groups in total. The molecule has 0 spiro atoms. The van der Waals surface area contributed by atoms with Crippen LogP contribution in [0.3, 0.4) is 0 Å². The van der Waals surface area contributed by atoms with Crippen molar-refractivity contribution in [2.45, 2.75) is 13.8 Å². The molecule has 0 aliphatic heterocycles. The largest absolute Gasteiger partial charge is 0.479 e. The molecule has 3 aromatic rings. The van der Waals surface area contributed by atoms with Gasteiger partial charge in [-0.3, -0.25) is 4.79 Å². The van der Waals surface area contributed by atoms with Gasteiger partial charge >= 0.3 is 0 Å². The number of nitrogens with zero attached hydrogens (tertiary/aromatic N) is 2. The van der Waals surface area contributed by atoms with Crippen LogP contribution in [0, 0.1) is 19.7 Å². The van der Waals surface area contributed by atoms with Gasteiger partial charge in [0.1, 0.15) is 5.82 Å². The molecule has 0 saturated heterocycles. The molecule has 7 heteroatoms. The molecule has 0 aliphatic rings. The van der Waals surface area contributed by atoms with E-state index in [-0.39, 0.29) is 16.6 Å². The second kappa shape index (κ2) is 6.64. The van der Waals surface area contributed by atoms with Gasteiger partial charge in [0, 0.05) is 5.69 Å². The van der Waals surface area contributed by atoms with E-state index in [9.17, 15) is 9.18 Å². The van der Waals surface area contributed by atoms with E-state index in [0.29, 0.717) is 16.7 Å². The molecule has 0 fully saturated rings. The van der Waals surface area contributed by atoms with Gasteiger partial charge in [-0.15, -0.1) is 0 Å². The van der Waals surface area contributed by atoms with Gasteiger partial charge in [-0.05, 0) is 55.3 Å². The fraction of sp³-hybridized carbons (Fsp3) is 0.167.